The highest BCUT2D eigenvalue weighted by molar-refractivity contribution is 7.98. The summed E-state index contributed by atoms with van der Waals surface area (Å²) in [5.41, 5.74) is 0.593. The van der Waals surface area contributed by atoms with Crippen LogP contribution < -0.4 is 5.32 Å². The average Bonchev–Trinajstić information content (AvgIpc) is 2.47. The molecule has 2 rings (SSSR count). The first-order valence-electron chi connectivity index (χ1n) is 6.23. The number of carbonyl (C=O) groups excluding carboxylic acids is 1. The third-order valence-corrected chi connectivity index (χ3v) is 5.13. The maximum atomic E-state index is 12.1. The van der Waals surface area contributed by atoms with Crippen molar-refractivity contribution in [1.82, 2.24) is 0 Å². The summed E-state index contributed by atoms with van der Waals surface area (Å²) in [5, 5.41) is 2.61. The van der Waals surface area contributed by atoms with Gasteiger partial charge in [0.05, 0.1) is 4.90 Å². The van der Waals surface area contributed by atoms with Gasteiger partial charge in [0, 0.05) is 10.6 Å². The number of sulfone groups is 1. The third-order valence-electron chi connectivity index (χ3n) is 2.78. The summed E-state index contributed by atoms with van der Waals surface area (Å²) in [4.78, 5) is 13.1. The topological polar surface area (TPSA) is 63.2 Å². The van der Waals surface area contributed by atoms with Crippen LogP contribution in [0.3, 0.4) is 0 Å². The summed E-state index contributed by atoms with van der Waals surface area (Å²) in [6.07, 6.45) is 1.93. The Morgan fingerprint density at radius 2 is 1.81 bits per heavy atom. The summed E-state index contributed by atoms with van der Waals surface area (Å²) < 4.78 is 24.2. The monoisotopic (exact) mass is 321 g/mol. The summed E-state index contributed by atoms with van der Waals surface area (Å²) in [7, 11) is -3.61. The minimum Gasteiger partial charge on any atom is -0.325 e. The molecular formula is C15H15NO3S2. The molecule has 0 aromatic heterocycles. The Morgan fingerprint density at radius 1 is 1.10 bits per heavy atom. The van der Waals surface area contributed by atoms with Crippen LogP contribution in [0.15, 0.2) is 64.4 Å². The molecule has 1 amide bonds. The number of thioether (sulfide) groups is 1. The largest absolute Gasteiger partial charge is 0.325 e. The Labute approximate surface area is 128 Å². The Bertz CT molecular complexity index is 728. The van der Waals surface area contributed by atoms with E-state index in [1.807, 2.05) is 18.4 Å². The normalized spacial score (nSPS) is 11.1. The predicted octanol–water partition coefficient (Wildman–Crippen LogP) is 2.82. The summed E-state index contributed by atoms with van der Waals surface area (Å²) in [6, 6.07) is 15.2. The molecule has 0 aliphatic carbocycles. The van der Waals surface area contributed by atoms with Crippen molar-refractivity contribution >= 4 is 33.2 Å². The van der Waals surface area contributed by atoms with Crippen LogP contribution in [0.2, 0.25) is 0 Å². The van der Waals surface area contributed by atoms with Crippen molar-refractivity contribution in [1.29, 1.82) is 0 Å². The van der Waals surface area contributed by atoms with E-state index in [1.165, 1.54) is 12.1 Å². The van der Waals surface area contributed by atoms with Crippen molar-refractivity contribution in [2.45, 2.75) is 9.79 Å². The fraction of sp³-hybridized carbons (Fsp3) is 0.133. The molecule has 0 saturated heterocycles. The van der Waals surface area contributed by atoms with E-state index in [0.29, 0.717) is 5.69 Å². The van der Waals surface area contributed by atoms with Crippen LogP contribution in [0.5, 0.6) is 0 Å². The zero-order chi connectivity index (χ0) is 15.3. The molecule has 0 unspecified atom stereocenters. The minimum absolute atomic E-state index is 0.151. The van der Waals surface area contributed by atoms with E-state index < -0.39 is 21.5 Å². The number of anilines is 1. The molecule has 0 bridgehead atoms. The number of carbonyl (C=O) groups is 1. The second-order valence-corrected chi connectivity index (χ2v) is 7.22. The maximum Gasteiger partial charge on any atom is 0.239 e. The lowest BCUT2D eigenvalue weighted by Crippen LogP contribution is -2.23. The van der Waals surface area contributed by atoms with Crippen molar-refractivity contribution in [2.75, 3.05) is 17.3 Å². The minimum atomic E-state index is -3.61. The lowest BCUT2D eigenvalue weighted by atomic mass is 10.3. The fourth-order valence-corrected chi connectivity index (χ4v) is 3.40. The molecule has 0 aliphatic heterocycles. The number of hydrogen-bond acceptors (Lipinski definition) is 4. The number of amides is 1. The number of benzene rings is 2. The molecule has 21 heavy (non-hydrogen) atoms. The van der Waals surface area contributed by atoms with E-state index in [9.17, 15) is 13.2 Å². The van der Waals surface area contributed by atoms with Crippen LogP contribution in [-0.4, -0.2) is 26.3 Å². The highest BCUT2D eigenvalue weighted by Gasteiger charge is 2.19. The van der Waals surface area contributed by atoms with Gasteiger partial charge in [0.2, 0.25) is 5.91 Å². The standard InChI is InChI=1S/C15H15NO3S2/c1-20-13-7-5-6-12(10-13)16-15(17)11-21(18,19)14-8-3-2-4-9-14/h2-10H,11H2,1H3,(H,16,17). The van der Waals surface area contributed by atoms with E-state index in [1.54, 1.807) is 42.1 Å². The van der Waals surface area contributed by atoms with Gasteiger partial charge in [0.15, 0.2) is 9.84 Å². The molecule has 0 radical (unpaired) electrons. The molecule has 0 atom stereocenters. The average molecular weight is 321 g/mol. The van der Waals surface area contributed by atoms with Gasteiger partial charge in [-0.2, -0.15) is 0 Å². The Morgan fingerprint density at radius 3 is 2.48 bits per heavy atom. The molecule has 110 valence electrons. The maximum absolute atomic E-state index is 12.1. The second-order valence-electron chi connectivity index (χ2n) is 4.35. The lowest BCUT2D eigenvalue weighted by molar-refractivity contribution is -0.113. The predicted molar refractivity (Wildman–Crippen MR) is 85.3 cm³/mol. The number of hydrogen-bond donors (Lipinski definition) is 1. The van der Waals surface area contributed by atoms with Crippen molar-refractivity contribution in [3.63, 3.8) is 0 Å². The number of rotatable bonds is 5. The Kier molecular flexibility index (Phi) is 5.03. The van der Waals surface area contributed by atoms with Gasteiger partial charge in [-0.05, 0) is 36.6 Å². The van der Waals surface area contributed by atoms with E-state index in [0.717, 1.165) is 4.90 Å². The zero-order valence-corrected chi connectivity index (χ0v) is 13.1. The molecule has 2 aromatic carbocycles. The van der Waals surface area contributed by atoms with Gasteiger partial charge in [-0.25, -0.2) is 8.42 Å². The first-order valence-corrected chi connectivity index (χ1v) is 9.11. The van der Waals surface area contributed by atoms with Crippen molar-refractivity contribution in [3.05, 3.63) is 54.6 Å². The van der Waals surface area contributed by atoms with Crippen LogP contribution in [0.25, 0.3) is 0 Å². The van der Waals surface area contributed by atoms with Gasteiger partial charge in [-0.15, -0.1) is 11.8 Å². The molecule has 0 aliphatic rings. The third kappa shape index (κ3) is 4.34. The fourth-order valence-electron chi connectivity index (χ4n) is 1.78. The van der Waals surface area contributed by atoms with Crippen LogP contribution in [0.1, 0.15) is 0 Å². The number of nitrogens with one attached hydrogen (secondary N) is 1. The molecular weight excluding hydrogens is 306 g/mol. The molecule has 0 spiro atoms. The summed E-state index contributed by atoms with van der Waals surface area (Å²) >= 11 is 1.55. The van der Waals surface area contributed by atoms with Gasteiger partial charge in [0.1, 0.15) is 5.75 Å². The van der Waals surface area contributed by atoms with Crippen molar-refractivity contribution < 1.29 is 13.2 Å². The van der Waals surface area contributed by atoms with Gasteiger partial charge in [0.25, 0.3) is 0 Å². The zero-order valence-electron chi connectivity index (χ0n) is 11.4. The van der Waals surface area contributed by atoms with Crippen LogP contribution >= 0.6 is 11.8 Å². The molecule has 2 aromatic rings. The summed E-state index contributed by atoms with van der Waals surface area (Å²) in [6.45, 7) is 0. The molecule has 4 nitrogen and oxygen atoms in total. The smallest absolute Gasteiger partial charge is 0.239 e. The van der Waals surface area contributed by atoms with E-state index >= 15 is 0 Å². The van der Waals surface area contributed by atoms with Crippen LogP contribution in [-0.2, 0) is 14.6 Å². The van der Waals surface area contributed by atoms with E-state index in [2.05, 4.69) is 5.32 Å². The molecule has 6 heteroatoms. The van der Waals surface area contributed by atoms with Gasteiger partial charge in [-0.1, -0.05) is 24.3 Å². The summed E-state index contributed by atoms with van der Waals surface area (Å²) in [5.74, 6) is -1.11. The van der Waals surface area contributed by atoms with Gasteiger partial charge < -0.3 is 5.32 Å². The van der Waals surface area contributed by atoms with Crippen molar-refractivity contribution in [3.8, 4) is 0 Å². The molecule has 0 fully saturated rings. The van der Waals surface area contributed by atoms with Gasteiger partial charge >= 0.3 is 0 Å². The quantitative estimate of drug-likeness (QED) is 0.860. The molecule has 0 heterocycles. The van der Waals surface area contributed by atoms with Crippen molar-refractivity contribution in [2.24, 2.45) is 0 Å². The molecule has 0 saturated carbocycles. The highest BCUT2D eigenvalue weighted by Crippen LogP contribution is 2.19. The lowest BCUT2D eigenvalue weighted by Gasteiger charge is -2.07. The van der Waals surface area contributed by atoms with Crippen LogP contribution in [0.4, 0.5) is 5.69 Å². The van der Waals surface area contributed by atoms with Crippen LogP contribution in [0, 0.1) is 0 Å². The second kappa shape index (κ2) is 6.78. The van der Waals surface area contributed by atoms with Gasteiger partial charge in [-0.3, -0.25) is 4.79 Å². The first-order chi connectivity index (χ1) is 10.0. The SMILES string of the molecule is CSc1cccc(NC(=O)CS(=O)(=O)c2ccccc2)c1. The van der Waals surface area contributed by atoms with E-state index in [4.69, 9.17) is 0 Å². The molecule has 1 N–H and O–H groups in total. The first kappa shape index (κ1) is 15.6. The van der Waals surface area contributed by atoms with E-state index in [-0.39, 0.29) is 4.90 Å². The highest BCUT2D eigenvalue weighted by atomic mass is 32.2. The Balaban J connectivity index is 2.08. The Hall–Kier alpha value is -1.79.